The van der Waals surface area contributed by atoms with Gasteiger partial charge in [-0.2, -0.15) is 6.42 Å². The molecule has 0 aliphatic rings. The zero-order valence-electron chi connectivity index (χ0n) is 7.88. The molecule has 0 fully saturated rings. The number of hydrogen-bond acceptors (Lipinski definition) is 1. The van der Waals surface area contributed by atoms with Crippen LogP contribution in [-0.2, 0) is 25.2 Å². The fourth-order valence-corrected chi connectivity index (χ4v) is 1.15. The van der Waals surface area contributed by atoms with Gasteiger partial charge < -0.3 is 4.79 Å². The first kappa shape index (κ1) is 14.8. The van der Waals surface area contributed by atoms with Crippen LogP contribution < -0.4 is 0 Å². The van der Waals surface area contributed by atoms with Gasteiger partial charge in [-0.25, -0.2) is 0 Å². The normalized spacial score (nSPS) is 9.08. The minimum atomic E-state index is 0. The van der Waals surface area contributed by atoms with E-state index in [1.807, 2.05) is 6.29 Å². The Kier molecular flexibility index (Phi) is 17.2. The SMILES string of the molecule is CCCCCCCCC[C-]=O.[Pd]. The van der Waals surface area contributed by atoms with Crippen LogP contribution in [0.3, 0.4) is 0 Å². The van der Waals surface area contributed by atoms with E-state index in [-0.39, 0.29) is 20.4 Å². The van der Waals surface area contributed by atoms with E-state index in [0.29, 0.717) is 6.42 Å². The van der Waals surface area contributed by atoms with Gasteiger partial charge in [0.15, 0.2) is 0 Å². The summed E-state index contributed by atoms with van der Waals surface area (Å²) < 4.78 is 0. The molecule has 2 heteroatoms. The van der Waals surface area contributed by atoms with Crippen LogP contribution in [0.15, 0.2) is 0 Å². The van der Waals surface area contributed by atoms with Gasteiger partial charge in [0.05, 0.1) is 0 Å². The molecule has 0 N–H and O–H groups in total. The average molecular weight is 262 g/mol. The minimum Gasteiger partial charge on any atom is -0.542 e. The number of hydrogen-bond donors (Lipinski definition) is 0. The van der Waals surface area contributed by atoms with E-state index in [0.717, 1.165) is 6.42 Å². The Balaban J connectivity index is 0. The molecule has 0 saturated carbocycles. The molecule has 0 saturated heterocycles. The summed E-state index contributed by atoms with van der Waals surface area (Å²) in [4.78, 5) is 9.82. The molecule has 0 aliphatic carbocycles. The molecule has 0 rings (SSSR count). The van der Waals surface area contributed by atoms with Crippen molar-refractivity contribution in [2.24, 2.45) is 0 Å². The average Bonchev–Trinajstić information content (AvgIpc) is 2.03. The van der Waals surface area contributed by atoms with E-state index < -0.39 is 0 Å². The first-order chi connectivity index (χ1) is 5.41. The summed E-state index contributed by atoms with van der Waals surface area (Å²) in [6, 6.07) is 0. The van der Waals surface area contributed by atoms with Crippen LogP contribution in [0.4, 0.5) is 0 Å². The predicted octanol–water partition coefficient (Wildman–Crippen LogP) is 3.23. The van der Waals surface area contributed by atoms with E-state index in [2.05, 4.69) is 6.92 Å². The third-order valence-corrected chi connectivity index (χ3v) is 1.88. The molecule has 1 nitrogen and oxygen atoms in total. The van der Waals surface area contributed by atoms with Crippen molar-refractivity contribution in [1.29, 1.82) is 0 Å². The van der Waals surface area contributed by atoms with Crippen molar-refractivity contribution in [3.05, 3.63) is 0 Å². The van der Waals surface area contributed by atoms with Crippen molar-refractivity contribution < 1.29 is 25.2 Å². The Morgan fingerprint density at radius 2 is 1.42 bits per heavy atom. The van der Waals surface area contributed by atoms with Gasteiger partial charge in [-0.3, -0.25) is 6.29 Å². The summed E-state index contributed by atoms with van der Waals surface area (Å²) in [6.45, 7) is 2.22. The summed E-state index contributed by atoms with van der Waals surface area (Å²) in [5, 5.41) is 0. The monoisotopic (exact) mass is 261 g/mol. The molecule has 0 aromatic carbocycles. The van der Waals surface area contributed by atoms with Gasteiger partial charge in [0, 0.05) is 20.4 Å². The molecule has 0 radical (unpaired) electrons. The second-order valence-corrected chi connectivity index (χ2v) is 3.02. The zero-order chi connectivity index (χ0) is 8.36. The second-order valence-electron chi connectivity index (χ2n) is 3.02. The number of carbonyl (C=O) groups excluding carboxylic acids is 1. The predicted molar refractivity (Wildman–Crippen MR) is 48.3 cm³/mol. The fourth-order valence-electron chi connectivity index (χ4n) is 1.15. The van der Waals surface area contributed by atoms with E-state index in [1.165, 1.54) is 38.5 Å². The Morgan fingerprint density at radius 1 is 0.917 bits per heavy atom. The van der Waals surface area contributed by atoms with Gasteiger partial charge in [0.2, 0.25) is 0 Å². The maximum atomic E-state index is 9.82. The molecule has 0 spiro atoms. The molecule has 0 atom stereocenters. The van der Waals surface area contributed by atoms with Crippen molar-refractivity contribution in [2.45, 2.75) is 58.3 Å². The standard InChI is InChI=1S/C10H19O.Pd/c1-2-3-4-5-6-7-8-9-10-11;/h2-9H2,1H3;/q-1;. The smallest absolute Gasteiger partial charge is 0 e. The fraction of sp³-hybridized carbons (Fsp3) is 0.900. The van der Waals surface area contributed by atoms with Gasteiger partial charge in [0.25, 0.3) is 0 Å². The third-order valence-electron chi connectivity index (χ3n) is 1.88. The van der Waals surface area contributed by atoms with E-state index in [1.54, 1.807) is 0 Å². The summed E-state index contributed by atoms with van der Waals surface area (Å²) in [5.41, 5.74) is 0. The van der Waals surface area contributed by atoms with Crippen molar-refractivity contribution >= 4 is 6.29 Å². The largest absolute Gasteiger partial charge is 0.542 e. The number of unbranched alkanes of at least 4 members (excludes halogenated alkanes) is 7. The quantitative estimate of drug-likeness (QED) is 0.372. The molecule has 0 heterocycles. The molecule has 0 aliphatic heterocycles. The summed E-state index contributed by atoms with van der Waals surface area (Å²) in [6.07, 6.45) is 11.5. The van der Waals surface area contributed by atoms with Crippen LogP contribution in [0, 0.1) is 0 Å². The van der Waals surface area contributed by atoms with Gasteiger partial charge in [-0.05, 0) is 0 Å². The molecule has 12 heavy (non-hydrogen) atoms. The van der Waals surface area contributed by atoms with Crippen LogP contribution >= 0.6 is 0 Å². The van der Waals surface area contributed by atoms with Crippen LogP contribution in [-0.4, -0.2) is 6.29 Å². The van der Waals surface area contributed by atoms with E-state index >= 15 is 0 Å². The van der Waals surface area contributed by atoms with Crippen molar-refractivity contribution in [3.63, 3.8) is 0 Å². The van der Waals surface area contributed by atoms with E-state index in [9.17, 15) is 4.79 Å². The Morgan fingerprint density at radius 3 is 1.92 bits per heavy atom. The molecule has 0 aromatic heterocycles. The maximum Gasteiger partial charge on any atom is 0 e. The van der Waals surface area contributed by atoms with Gasteiger partial charge >= 0.3 is 0 Å². The van der Waals surface area contributed by atoms with Crippen LogP contribution in [0.1, 0.15) is 58.3 Å². The van der Waals surface area contributed by atoms with Gasteiger partial charge in [0.1, 0.15) is 0 Å². The van der Waals surface area contributed by atoms with Crippen molar-refractivity contribution in [1.82, 2.24) is 0 Å². The topological polar surface area (TPSA) is 17.1 Å². The van der Waals surface area contributed by atoms with Crippen LogP contribution in [0.5, 0.6) is 0 Å². The van der Waals surface area contributed by atoms with Crippen LogP contribution in [0.2, 0.25) is 0 Å². The first-order valence-electron chi connectivity index (χ1n) is 4.76. The van der Waals surface area contributed by atoms with Crippen molar-refractivity contribution in [2.75, 3.05) is 0 Å². The molecule has 0 unspecified atom stereocenters. The third kappa shape index (κ3) is 13.0. The molecular formula is C10H19OPd-. The molecule has 76 valence electrons. The number of rotatable bonds is 8. The Labute approximate surface area is 90.0 Å². The summed E-state index contributed by atoms with van der Waals surface area (Å²) in [5.74, 6) is 0. The first-order valence-corrected chi connectivity index (χ1v) is 4.76. The summed E-state index contributed by atoms with van der Waals surface area (Å²) >= 11 is 0. The summed E-state index contributed by atoms with van der Waals surface area (Å²) in [7, 11) is 0. The second kappa shape index (κ2) is 13.9. The molecule has 0 aromatic rings. The van der Waals surface area contributed by atoms with Gasteiger partial charge in [-0.15, -0.1) is 0 Å². The molecular weight excluding hydrogens is 243 g/mol. The maximum absolute atomic E-state index is 9.82. The Bertz CT molecular complexity index is 83.9. The molecule has 0 amide bonds. The van der Waals surface area contributed by atoms with Crippen molar-refractivity contribution in [3.8, 4) is 0 Å². The molecule has 0 bridgehead atoms. The van der Waals surface area contributed by atoms with Gasteiger partial charge in [-0.1, -0.05) is 51.9 Å². The Hall–Kier alpha value is 0.332. The van der Waals surface area contributed by atoms with Crippen LogP contribution in [0.25, 0.3) is 0 Å². The van der Waals surface area contributed by atoms with E-state index in [4.69, 9.17) is 0 Å². The zero-order valence-corrected chi connectivity index (χ0v) is 9.44. The minimum absolute atomic E-state index is 0.